The van der Waals surface area contributed by atoms with Gasteiger partial charge < -0.3 is 23.8 Å². The first kappa shape index (κ1) is 28.6. The Balaban J connectivity index is 1.44. The van der Waals surface area contributed by atoms with Gasteiger partial charge in [0.15, 0.2) is 5.82 Å². The molecule has 0 saturated carbocycles. The Morgan fingerprint density at radius 1 is 1.15 bits per heavy atom. The second kappa shape index (κ2) is 13.1. The number of nitrogens with zero attached hydrogens (tertiary/aromatic N) is 4. The lowest BCUT2D eigenvalue weighted by molar-refractivity contribution is -0.165. The zero-order valence-electron chi connectivity index (χ0n) is 22.6. The van der Waals surface area contributed by atoms with Crippen molar-refractivity contribution >= 4 is 23.4 Å². The van der Waals surface area contributed by atoms with Crippen LogP contribution in [0.4, 0.5) is 0 Å². The standard InChI is InChI=1S/C29H35ClN4O5/c1-21(2)28-31-25(39-32-28)13-14-26(35)34-15-16-38-29(19-34,20-37-24-11-9-23(30)10-12-24)17-27(36)33(3)18-22-7-5-4-6-8-22/h4-12,21H,13-20H2,1-3H3/t29-/m0/s1. The van der Waals surface area contributed by atoms with Crippen LogP contribution in [0.2, 0.25) is 5.02 Å². The Labute approximate surface area is 234 Å². The molecule has 1 aliphatic heterocycles. The molecule has 1 aliphatic rings. The number of carbonyl (C=O) groups is 2. The minimum atomic E-state index is -1.01. The van der Waals surface area contributed by atoms with E-state index >= 15 is 0 Å². The number of carbonyl (C=O) groups excluding carboxylic acids is 2. The minimum Gasteiger partial charge on any atom is -0.490 e. The van der Waals surface area contributed by atoms with Crippen molar-refractivity contribution in [3.05, 3.63) is 76.9 Å². The summed E-state index contributed by atoms with van der Waals surface area (Å²) in [6.07, 6.45) is 0.633. The zero-order valence-corrected chi connectivity index (χ0v) is 23.4. The Morgan fingerprint density at radius 2 is 1.90 bits per heavy atom. The normalized spacial score (nSPS) is 17.3. The summed E-state index contributed by atoms with van der Waals surface area (Å²) in [6, 6.07) is 16.8. The smallest absolute Gasteiger partial charge is 0.227 e. The summed E-state index contributed by atoms with van der Waals surface area (Å²) in [6.45, 7) is 5.49. The largest absolute Gasteiger partial charge is 0.490 e. The molecule has 208 valence electrons. The lowest BCUT2D eigenvalue weighted by atomic mass is 9.96. The molecule has 0 aliphatic carbocycles. The molecule has 2 heterocycles. The summed E-state index contributed by atoms with van der Waals surface area (Å²) >= 11 is 6.01. The molecule has 0 spiro atoms. The van der Waals surface area contributed by atoms with Crippen LogP contribution in [0, 0.1) is 0 Å². The van der Waals surface area contributed by atoms with Crippen LogP contribution in [-0.4, -0.2) is 70.7 Å². The van der Waals surface area contributed by atoms with Crippen LogP contribution in [0.3, 0.4) is 0 Å². The first-order valence-electron chi connectivity index (χ1n) is 13.1. The molecule has 0 N–H and O–H groups in total. The second-order valence-corrected chi connectivity index (χ2v) is 10.6. The predicted molar refractivity (Wildman–Crippen MR) is 146 cm³/mol. The average molecular weight is 555 g/mol. The number of benzene rings is 2. The van der Waals surface area contributed by atoms with E-state index in [1.54, 1.807) is 41.1 Å². The Kier molecular flexibility index (Phi) is 9.59. The van der Waals surface area contributed by atoms with E-state index in [1.165, 1.54) is 0 Å². The zero-order chi connectivity index (χ0) is 27.8. The van der Waals surface area contributed by atoms with E-state index in [2.05, 4.69) is 10.1 Å². The maximum atomic E-state index is 13.4. The van der Waals surface area contributed by atoms with Gasteiger partial charge in [0.2, 0.25) is 17.7 Å². The Hall–Kier alpha value is -3.43. The number of amides is 2. The molecule has 1 aromatic heterocycles. The maximum absolute atomic E-state index is 13.4. The van der Waals surface area contributed by atoms with Gasteiger partial charge in [0, 0.05) is 43.9 Å². The maximum Gasteiger partial charge on any atom is 0.227 e. The van der Waals surface area contributed by atoms with Gasteiger partial charge in [0.05, 0.1) is 19.6 Å². The van der Waals surface area contributed by atoms with Crippen molar-refractivity contribution in [1.29, 1.82) is 0 Å². The van der Waals surface area contributed by atoms with Crippen molar-refractivity contribution in [2.24, 2.45) is 0 Å². The lowest BCUT2D eigenvalue weighted by Gasteiger charge is -2.42. The van der Waals surface area contributed by atoms with Gasteiger partial charge in [-0.25, -0.2) is 0 Å². The third-order valence-corrected chi connectivity index (χ3v) is 6.88. The van der Waals surface area contributed by atoms with Crippen LogP contribution < -0.4 is 4.74 Å². The van der Waals surface area contributed by atoms with E-state index in [0.29, 0.717) is 48.6 Å². The monoisotopic (exact) mass is 554 g/mol. The highest BCUT2D eigenvalue weighted by atomic mass is 35.5. The number of aryl methyl sites for hydroxylation is 1. The molecule has 0 radical (unpaired) electrons. The van der Waals surface area contributed by atoms with Gasteiger partial charge in [0.25, 0.3) is 0 Å². The van der Waals surface area contributed by atoms with Crippen LogP contribution in [-0.2, 0) is 27.3 Å². The number of hydrogen-bond donors (Lipinski definition) is 0. The van der Waals surface area contributed by atoms with Crippen LogP contribution >= 0.6 is 11.6 Å². The molecule has 3 aromatic rings. The van der Waals surface area contributed by atoms with Crippen molar-refractivity contribution in [2.75, 3.05) is 33.4 Å². The molecule has 0 unspecified atom stereocenters. The third kappa shape index (κ3) is 8.03. The fraction of sp³-hybridized carbons (Fsp3) is 0.448. The van der Waals surface area contributed by atoms with Crippen molar-refractivity contribution in [2.45, 2.75) is 51.2 Å². The molecule has 39 heavy (non-hydrogen) atoms. The highest BCUT2D eigenvalue weighted by Crippen LogP contribution is 2.27. The summed E-state index contributed by atoms with van der Waals surface area (Å²) in [5.74, 6) is 1.66. The fourth-order valence-corrected chi connectivity index (χ4v) is 4.51. The summed E-state index contributed by atoms with van der Waals surface area (Å²) in [7, 11) is 1.77. The van der Waals surface area contributed by atoms with Crippen LogP contribution in [0.5, 0.6) is 5.75 Å². The minimum absolute atomic E-state index is 0.0646. The summed E-state index contributed by atoms with van der Waals surface area (Å²) in [4.78, 5) is 34.3. The van der Waals surface area contributed by atoms with E-state index in [9.17, 15) is 9.59 Å². The number of ether oxygens (including phenoxy) is 2. The topological polar surface area (TPSA) is 98.0 Å². The first-order valence-corrected chi connectivity index (χ1v) is 13.5. The molecule has 4 rings (SSSR count). The van der Waals surface area contributed by atoms with Crippen LogP contribution in [0.25, 0.3) is 0 Å². The number of halogens is 1. The van der Waals surface area contributed by atoms with E-state index < -0.39 is 5.60 Å². The molecule has 1 fully saturated rings. The molecule has 0 bridgehead atoms. The van der Waals surface area contributed by atoms with Gasteiger partial charge in [-0.05, 0) is 29.8 Å². The summed E-state index contributed by atoms with van der Waals surface area (Å²) < 4.78 is 17.6. The lowest BCUT2D eigenvalue weighted by Crippen LogP contribution is -2.58. The van der Waals surface area contributed by atoms with E-state index in [0.717, 1.165) is 5.56 Å². The van der Waals surface area contributed by atoms with Crippen molar-refractivity contribution in [3.63, 3.8) is 0 Å². The number of rotatable bonds is 11. The van der Waals surface area contributed by atoms with Crippen molar-refractivity contribution in [3.8, 4) is 5.75 Å². The molecule has 2 aromatic carbocycles. The van der Waals surface area contributed by atoms with Crippen molar-refractivity contribution in [1.82, 2.24) is 19.9 Å². The average Bonchev–Trinajstić information content (AvgIpc) is 3.42. The van der Waals surface area contributed by atoms with Gasteiger partial charge in [-0.1, -0.05) is 60.9 Å². The molecule has 10 heteroatoms. The molecule has 9 nitrogen and oxygen atoms in total. The van der Waals surface area contributed by atoms with Gasteiger partial charge in [-0.2, -0.15) is 4.98 Å². The number of morpholine rings is 1. The highest BCUT2D eigenvalue weighted by Gasteiger charge is 2.42. The number of hydrogen-bond acceptors (Lipinski definition) is 7. The predicted octanol–water partition coefficient (Wildman–Crippen LogP) is 4.50. The van der Waals surface area contributed by atoms with E-state index in [1.807, 2.05) is 44.2 Å². The fourth-order valence-electron chi connectivity index (χ4n) is 4.38. The summed E-state index contributed by atoms with van der Waals surface area (Å²) in [5.41, 5.74) is 0.0213. The second-order valence-electron chi connectivity index (χ2n) is 10.2. The number of aromatic nitrogens is 2. The molecular weight excluding hydrogens is 520 g/mol. The molecular formula is C29H35ClN4O5. The SMILES string of the molecule is CC(C)c1noc(CCC(=O)N2CCO[C@@](COc3ccc(Cl)cc3)(CC(=O)N(C)Cc3ccccc3)C2)n1. The van der Waals surface area contributed by atoms with Gasteiger partial charge in [-0.3, -0.25) is 9.59 Å². The molecule has 1 saturated heterocycles. The van der Waals surface area contributed by atoms with Crippen molar-refractivity contribution < 1.29 is 23.6 Å². The Bertz CT molecular complexity index is 1230. The quantitative estimate of drug-likeness (QED) is 0.344. The molecule has 1 atom stereocenters. The first-order chi connectivity index (χ1) is 18.7. The van der Waals surface area contributed by atoms with E-state index in [-0.39, 0.29) is 43.7 Å². The van der Waals surface area contributed by atoms with Crippen LogP contribution in [0.15, 0.2) is 59.1 Å². The third-order valence-electron chi connectivity index (χ3n) is 6.63. The molecule has 2 amide bonds. The van der Waals surface area contributed by atoms with E-state index in [4.69, 9.17) is 25.6 Å². The Morgan fingerprint density at radius 3 is 2.59 bits per heavy atom. The van der Waals surface area contributed by atoms with Gasteiger partial charge in [-0.15, -0.1) is 0 Å². The van der Waals surface area contributed by atoms with Gasteiger partial charge >= 0.3 is 0 Å². The van der Waals surface area contributed by atoms with Crippen LogP contribution in [0.1, 0.15) is 49.9 Å². The summed E-state index contributed by atoms with van der Waals surface area (Å²) in [5, 5.41) is 4.57. The highest BCUT2D eigenvalue weighted by molar-refractivity contribution is 6.30. The van der Waals surface area contributed by atoms with Gasteiger partial charge in [0.1, 0.15) is 18.0 Å².